The van der Waals surface area contributed by atoms with Crippen LogP contribution in [0.15, 0.2) is 39.7 Å². The third-order valence-electron chi connectivity index (χ3n) is 2.15. The first kappa shape index (κ1) is 11.0. The number of rotatable bonds is 0. The summed E-state index contributed by atoms with van der Waals surface area (Å²) in [7, 11) is 1.26. The van der Waals surface area contributed by atoms with Gasteiger partial charge in [0.05, 0.1) is 18.8 Å². The van der Waals surface area contributed by atoms with E-state index in [9.17, 15) is 9.59 Å². The monoisotopic (exact) mass is 228 g/mol. The van der Waals surface area contributed by atoms with E-state index in [2.05, 4.69) is 16.6 Å². The highest BCUT2D eigenvalue weighted by Gasteiger charge is 2.00. The molecule has 2 aromatic rings. The van der Waals surface area contributed by atoms with E-state index >= 15 is 0 Å². The predicted octanol–water partition coefficient (Wildman–Crippen LogP) is 1.32. The van der Waals surface area contributed by atoms with Gasteiger partial charge in [0, 0.05) is 17.6 Å². The number of hydrogen-bond acceptors (Lipinski definition) is 4. The van der Waals surface area contributed by atoms with Gasteiger partial charge in [-0.1, -0.05) is 5.92 Å². The van der Waals surface area contributed by atoms with Gasteiger partial charge in [-0.05, 0) is 18.2 Å². The summed E-state index contributed by atoms with van der Waals surface area (Å²) in [6.07, 6.45) is 1.34. The number of esters is 1. The van der Waals surface area contributed by atoms with Crippen LogP contribution in [0.2, 0.25) is 0 Å². The van der Waals surface area contributed by atoms with Gasteiger partial charge in [0.25, 0.3) is 0 Å². The first-order chi connectivity index (χ1) is 8.20. The van der Waals surface area contributed by atoms with E-state index in [0.717, 1.165) is 0 Å². The summed E-state index contributed by atoms with van der Waals surface area (Å²) in [6, 6.07) is 6.22. The predicted molar refractivity (Wildman–Crippen MR) is 61.4 cm³/mol. The summed E-state index contributed by atoms with van der Waals surface area (Å²) < 4.78 is 9.54. The SMILES string of the molecule is COC(=O)C#Cc1ccc2occc(=O)c2c1. The zero-order valence-electron chi connectivity index (χ0n) is 9.02. The van der Waals surface area contributed by atoms with Crippen LogP contribution in [0.4, 0.5) is 0 Å². The minimum Gasteiger partial charge on any atom is -0.464 e. The minimum absolute atomic E-state index is 0.145. The van der Waals surface area contributed by atoms with Gasteiger partial charge in [-0.25, -0.2) is 4.79 Å². The first-order valence-corrected chi connectivity index (χ1v) is 4.82. The highest BCUT2D eigenvalue weighted by Crippen LogP contribution is 2.11. The van der Waals surface area contributed by atoms with E-state index in [-0.39, 0.29) is 5.43 Å². The molecule has 0 bridgehead atoms. The molecular weight excluding hydrogens is 220 g/mol. The van der Waals surface area contributed by atoms with Crippen LogP contribution in [0.5, 0.6) is 0 Å². The lowest BCUT2D eigenvalue weighted by molar-refractivity contribution is -0.133. The van der Waals surface area contributed by atoms with Gasteiger partial charge in [-0.2, -0.15) is 0 Å². The van der Waals surface area contributed by atoms with Crippen LogP contribution in [0.1, 0.15) is 5.56 Å². The quantitative estimate of drug-likeness (QED) is 0.504. The van der Waals surface area contributed by atoms with Gasteiger partial charge < -0.3 is 9.15 Å². The van der Waals surface area contributed by atoms with Crippen molar-refractivity contribution in [3.05, 3.63) is 46.3 Å². The van der Waals surface area contributed by atoms with Crippen LogP contribution in [0.25, 0.3) is 11.0 Å². The maximum atomic E-state index is 11.5. The molecule has 4 nitrogen and oxygen atoms in total. The Hall–Kier alpha value is -2.54. The van der Waals surface area contributed by atoms with E-state index in [4.69, 9.17) is 4.42 Å². The normalized spacial score (nSPS) is 9.47. The van der Waals surface area contributed by atoms with Gasteiger partial charge in [-0.15, -0.1) is 0 Å². The molecule has 0 atom stereocenters. The van der Waals surface area contributed by atoms with E-state index in [0.29, 0.717) is 16.5 Å². The van der Waals surface area contributed by atoms with Crippen LogP contribution in [-0.4, -0.2) is 13.1 Å². The van der Waals surface area contributed by atoms with Gasteiger partial charge in [0.15, 0.2) is 5.43 Å². The summed E-state index contributed by atoms with van der Waals surface area (Å²) in [5.74, 6) is 4.28. The average molecular weight is 228 g/mol. The van der Waals surface area contributed by atoms with Crippen molar-refractivity contribution in [2.45, 2.75) is 0 Å². The molecule has 4 heteroatoms. The number of fused-ring (bicyclic) bond motifs is 1. The first-order valence-electron chi connectivity index (χ1n) is 4.82. The molecule has 0 saturated heterocycles. The zero-order valence-corrected chi connectivity index (χ0v) is 9.02. The van der Waals surface area contributed by atoms with Crippen molar-refractivity contribution in [3.8, 4) is 11.8 Å². The summed E-state index contributed by atoms with van der Waals surface area (Å²) in [4.78, 5) is 22.4. The Morgan fingerprint density at radius 3 is 2.94 bits per heavy atom. The molecule has 0 aliphatic carbocycles. The Morgan fingerprint density at radius 2 is 2.18 bits per heavy atom. The fourth-order valence-corrected chi connectivity index (χ4v) is 1.34. The third-order valence-corrected chi connectivity index (χ3v) is 2.15. The molecule has 1 aromatic carbocycles. The van der Waals surface area contributed by atoms with Crippen LogP contribution in [0.3, 0.4) is 0 Å². The van der Waals surface area contributed by atoms with Crippen LogP contribution >= 0.6 is 0 Å². The Kier molecular flexibility index (Phi) is 2.93. The van der Waals surface area contributed by atoms with Gasteiger partial charge >= 0.3 is 5.97 Å². The molecule has 84 valence electrons. The van der Waals surface area contributed by atoms with Crippen molar-refractivity contribution < 1.29 is 13.9 Å². The van der Waals surface area contributed by atoms with Crippen LogP contribution in [0, 0.1) is 11.8 Å². The maximum absolute atomic E-state index is 11.5. The Morgan fingerprint density at radius 1 is 1.35 bits per heavy atom. The number of methoxy groups -OCH3 is 1. The molecule has 0 amide bonds. The zero-order chi connectivity index (χ0) is 12.3. The summed E-state index contributed by atoms with van der Waals surface area (Å²) in [5.41, 5.74) is 0.899. The molecule has 0 saturated carbocycles. The van der Waals surface area contributed by atoms with E-state index in [1.165, 1.54) is 19.4 Å². The number of carbonyl (C=O) groups is 1. The summed E-state index contributed by atoms with van der Waals surface area (Å²) in [5, 5.41) is 0.434. The Labute approximate surface area is 96.8 Å². The average Bonchev–Trinajstić information content (AvgIpc) is 2.36. The Bertz CT molecular complexity index is 686. The fourth-order valence-electron chi connectivity index (χ4n) is 1.34. The summed E-state index contributed by atoms with van der Waals surface area (Å²) >= 11 is 0. The molecule has 17 heavy (non-hydrogen) atoms. The van der Waals surface area contributed by atoms with Crippen molar-refractivity contribution in [2.75, 3.05) is 7.11 Å². The van der Waals surface area contributed by atoms with Gasteiger partial charge in [-0.3, -0.25) is 4.79 Å². The summed E-state index contributed by atoms with van der Waals surface area (Å²) in [6.45, 7) is 0. The molecule has 1 heterocycles. The second-order valence-corrected chi connectivity index (χ2v) is 3.24. The topological polar surface area (TPSA) is 56.5 Å². The molecule has 0 radical (unpaired) electrons. The number of carbonyl (C=O) groups excluding carboxylic acids is 1. The van der Waals surface area contributed by atoms with Crippen molar-refractivity contribution in [3.63, 3.8) is 0 Å². The smallest absolute Gasteiger partial charge is 0.384 e. The number of benzene rings is 1. The fraction of sp³-hybridized carbons (Fsp3) is 0.0769. The van der Waals surface area contributed by atoms with Crippen LogP contribution < -0.4 is 5.43 Å². The van der Waals surface area contributed by atoms with Crippen LogP contribution in [-0.2, 0) is 9.53 Å². The minimum atomic E-state index is -0.620. The molecule has 0 spiro atoms. The van der Waals surface area contributed by atoms with Gasteiger partial charge in [0.1, 0.15) is 5.58 Å². The highest BCUT2D eigenvalue weighted by atomic mass is 16.5. The molecule has 2 rings (SSSR count). The molecule has 0 aliphatic heterocycles. The second-order valence-electron chi connectivity index (χ2n) is 3.24. The molecule has 0 unspecified atom stereocenters. The van der Waals surface area contributed by atoms with Gasteiger partial charge in [0.2, 0.25) is 0 Å². The molecule has 1 aromatic heterocycles. The van der Waals surface area contributed by atoms with E-state index in [1.807, 2.05) is 0 Å². The lowest BCUT2D eigenvalue weighted by Gasteiger charge is -1.95. The van der Waals surface area contributed by atoms with E-state index < -0.39 is 5.97 Å². The maximum Gasteiger partial charge on any atom is 0.384 e. The number of hydrogen-bond donors (Lipinski definition) is 0. The lowest BCUT2D eigenvalue weighted by atomic mass is 10.1. The lowest BCUT2D eigenvalue weighted by Crippen LogP contribution is -1.98. The molecular formula is C13H8O4. The molecule has 0 N–H and O–H groups in total. The molecule has 0 fully saturated rings. The second kappa shape index (κ2) is 4.54. The van der Waals surface area contributed by atoms with Crippen molar-refractivity contribution in [1.29, 1.82) is 0 Å². The number of ether oxygens (including phenoxy) is 1. The highest BCUT2D eigenvalue weighted by molar-refractivity contribution is 5.89. The van der Waals surface area contributed by atoms with Crippen molar-refractivity contribution in [1.82, 2.24) is 0 Å². The van der Waals surface area contributed by atoms with Crippen molar-refractivity contribution in [2.24, 2.45) is 0 Å². The third kappa shape index (κ3) is 2.34. The largest absolute Gasteiger partial charge is 0.464 e. The Balaban J connectivity index is 2.50. The van der Waals surface area contributed by atoms with E-state index in [1.54, 1.807) is 18.2 Å². The standard InChI is InChI=1S/C13H8O4/c1-16-13(15)5-3-9-2-4-12-10(8-9)11(14)6-7-17-12/h2,4,6-8H,1H3. The molecule has 0 aliphatic rings. The van der Waals surface area contributed by atoms with Crippen molar-refractivity contribution >= 4 is 16.9 Å².